The fourth-order valence-electron chi connectivity index (χ4n) is 2.37. The van der Waals surface area contributed by atoms with E-state index in [1.165, 1.54) is 15.5 Å². The van der Waals surface area contributed by atoms with E-state index in [-0.39, 0.29) is 42.5 Å². The maximum absolute atomic E-state index is 12.3. The Morgan fingerprint density at radius 3 is 2.48 bits per heavy atom. The minimum Gasteiger partial charge on any atom is -0.431 e. The number of nitrogens with one attached hydrogen (secondary N) is 1. The summed E-state index contributed by atoms with van der Waals surface area (Å²) in [5, 5.41) is 2.53. The van der Waals surface area contributed by atoms with Crippen LogP contribution >= 0.6 is 0 Å². The van der Waals surface area contributed by atoms with Crippen LogP contribution in [0.2, 0.25) is 0 Å². The second-order valence-corrected chi connectivity index (χ2v) is 7.74. The molecule has 1 N–H and O–H groups in total. The summed E-state index contributed by atoms with van der Waals surface area (Å²) < 4.78 is 29.3. The number of hydrogen-bond acceptors (Lipinski definition) is 6. The predicted molar refractivity (Wildman–Crippen MR) is 80.2 cm³/mol. The zero-order valence-electron chi connectivity index (χ0n) is 12.7. The number of oxazole rings is 1. The van der Waals surface area contributed by atoms with Crippen LogP contribution in [-0.4, -0.2) is 66.9 Å². The summed E-state index contributed by atoms with van der Waals surface area (Å²) in [5.41, 5.74) is 0.101. The third kappa shape index (κ3) is 3.70. The van der Waals surface area contributed by atoms with Crippen LogP contribution in [0.15, 0.2) is 10.7 Å². The first kappa shape index (κ1) is 15.9. The average molecular weight is 342 g/mol. The Balaban J connectivity index is 1.58. The third-order valence-corrected chi connectivity index (χ3v) is 5.20. The SMILES string of the molecule is CS(=O)(=O)N1CCN(C(=O)c2coc(NC(=O)C3CC3)n2)CC1. The highest BCUT2D eigenvalue weighted by atomic mass is 32.2. The van der Waals surface area contributed by atoms with Gasteiger partial charge in [-0.05, 0) is 12.8 Å². The lowest BCUT2D eigenvalue weighted by molar-refractivity contribution is -0.117. The summed E-state index contributed by atoms with van der Waals surface area (Å²) in [7, 11) is -3.24. The van der Waals surface area contributed by atoms with Crippen LogP contribution in [0.4, 0.5) is 6.01 Å². The van der Waals surface area contributed by atoms with Crippen LogP contribution in [-0.2, 0) is 14.8 Å². The molecule has 1 aromatic heterocycles. The maximum atomic E-state index is 12.3. The molecule has 0 atom stereocenters. The predicted octanol–water partition coefficient (Wildman–Crippen LogP) is -0.259. The lowest BCUT2D eigenvalue weighted by atomic mass is 10.3. The molecule has 0 radical (unpaired) electrons. The molecule has 1 saturated heterocycles. The first-order chi connectivity index (χ1) is 10.8. The van der Waals surface area contributed by atoms with E-state index in [4.69, 9.17) is 4.42 Å². The van der Waals surface area contributed by atoms with Gasteiger partial charge in [0.2, 0.25) is 15.9 Å². The van der Waals surface area contributed by atoms with Crippen LogP contribution in [0.5, 0.6) is 0 Å². The quantitative estimate of drug-likeness (QED) is 0.807. The van der Waals surface area contributed by atoms with Crippen molar-refractivity contribution in [3.8, 4) is 0 Å². The van der Waals surface area contributed by atoms with E-state index < -0.39 is 10.0 Å². The second-order valence-electron chi connectivity index (χ2n) is 5.76. The van der Waals surface area contributed by atoms with Gasteiger partial charge in [0.05, 0.1) is 6.26 Å². The molecule has 2 aliphatic rings. The van der Waals surface area contributed by atoms with Gasteiger partial charge in [0.1, 0.15) is 6.26 Å². The second kappa shape index (κ2) is 5.93. The van der Waals surface area contributed by atoms with Crippen LogP contribution in [0, 0.1) is 5.92 Å². The van der Waals surface area contributed by atoms with Crippen molar-refractivity contribution < 1.29 is 22.4 Å². The van der Waals surface area contributed by atoms with Gasteiger partial charge in [0.15, 0.2) is 5.69 Å². The highest BCUT2D eigenvalue weighted by molar-refractivity contribution is 7.88. The zero-order chi connectivity index (χ0) is 16.6. The highest BCUT2D eigenvalue weighted by Gasteiger charge is 2.31. The Morgan fingerprint density at radius 2 is 1.91 bits per heavy atom. The van der Waals surface area contributed by atoms with E-state index in [0.717, 1.165) is 19.1 Å². The van der Waals surface area contributed by atoms with Crippen molar-refractivity contribution in [2.75, 3.05) is 37.8 Å². The van der Waals surface area contributed by atoms with Crippen molar-refractivity contribution in [1.29, 1.82) is 0 Å². The van der Waals surface area contributed by atoms with Gasteiger partial charge in [-0.1, -0.05) is 0 Å². The first-order valence-electron chi connectivity index (χ1n) is 7.35. The molecule has 9 nitrogen and oxygen atoms in total. The Hall–Kier alpha value is -1.94. The molecule has 0 aromatic carbocycles. The Kier molecular flexibility index (Phi) is 4.11. The molecule has 0 bridgehead atoms. The molecule has 2 fully saturated rings. The molecular weight excluding hydrogens is 324 g/mol. The van der Waals surface area contributed by atoms with Crippen molar-refractivity contribution >= 4 is 27.9 Å². The van der Waals surface area contributed by atoms with Gasteiger partial charge in [-0.15, -0.1) is 0 Å². The molecule has 1 aliphatic heterocycles. The number of sulfonamides is 1. The highest BCUT2D eigenvalue weighted by Crippen LogP contribution is 2.30. The van der Waals surface area contributed by atoms with Crippen LogP contribution in [0.3, 0.4) is 0 Å². The van der Waals surface area contributed by atoms with Crippen molar-refractivity contribution in [2.24, 2.45) is 5.92 Å². The molecule has 0 unspecified atom stereocenters. The van der Waals surface area contributed by atoms with Crippen LogP contribution in [0.1, 0.15) is 23.3 Å². The number of rotatable bonds is 4. The number of anilines is 1. The number of carbonyl (C=O) groups excluding carboxylic acids is 2. The van der Waals surface area contributed by atoms with E-state index >= 15 is 0 Å². The molecule has 1 aliphatic carbocycles. The Morgan fingerprint density at radius 1 is 1.26 bits per heavy atom. The summed E-state index contributed by atoms with van der Waals surface area (Å²) >= 11 is 0. The summed E-state index contributed by atoms with van der Waals surface area (Å²) in [6.07, 6.45) is 4.08. The van der Waals surface area contributed by atoms with Crippen molar-refractivity contribution in [1.82, 2.24) is 14.2 Å². The lowest BCUT2D eigenvalue weighted by Crippen LogP contribution is -2.50. The number of carbonyl (C=O) groups is 2. The monoisotopic (exact) mass is 342 g/mol. The number of amides is 2. The van der Waals surface area contributed by atoms with Gasteiger partial charge >= 0.3 is 6.01 Å². The summed E-state index contributed by atoms with van der Waals surface area (Å²) in [5.74, 6) is -0.466. The first-order valence-corrected chi connectivity index (χ1v) is 9.20. The van der Waals surface area contributed by atoms with Crippen LogP contribution in [0.25, 0.3) is 0 Å². The van der Waals surface area contributed by atoms with E-state index in [1.54, 1.807) is 0 Å². The fourth-order valence-corrected chi connectivity index (χ4v) is 3.19. The topological polar surface area (TPSA) is 113 Å². The standard InChI is InChI=1S/C13H18N4O5S/c1-23(20,21)17-6-4-16(5-7-17)12(19)10-8-22-13(14-10)15-11(18)9-2-3-9/h8-9H,2-7H2,1H3,(H,14,15,18). The third-order valence-electron chi connectivity index (χ3n) is 3.90. The number of piperazine rings is 1. The van der Waals surface area contributed by atoms with Crippen molar-refractivity contribution in [3.63, 3.8) is 0 Å². The minimum absolute atomic E-state index is 0.0139. The van der Waals surface area contributed by atoms with Gasteiger partial charge in [0, 0.05) is 32.1 Å². The molecule has 10 heteroatoms. The van der Waals surface area contributed by atoms with Crippen molar-refractivity contribution in [3.05, 3.63) is 12.0 Å². The van der Waals surface area contributed by atoms with Gasteiger partial charge in [-0.3, -0.25) is 14.9 Å². The van der Waals surface area contributed by atoms with Gasteiger partial charge in [-0.2, -0.15) is 9.29 Å². The maximum Gasteiger partial charge on any atom is 0.302 e. The largest absolute Gasteiger partial charge is 0.431 e. The van der Waals surface area contributed by atoms with E-state index in [0.29, 0.717) is 13.1 Å². The lowest BCUT2D eigenvalue weighted by Gasteiger charge is -2.32. The molecule has 2 amide bonds. The van der Waals surface area contributed by atoms with Crippen LogP contribution < -0.4 is 5.32 Å². The molecule has 1 aromatic rings. The Bertz CT molecular complexity index is 716. The molecule has 126 valence electrons. The van der Waals surface area contributed by atoms with Gasteiger partial charge in [0.25, 0.3) is 5.91 Å². The number of nitrogens with zero attached hydrogens (tertiary/aromatic N) is 3. The normalized spacial score (nSPS) is 19.6. The van der Waals surface area contributed by atoms with Crippen molar-refractivity contribution in [2.45, 2.75) is 12.8 Å². The summed E-state index contributed by atoms with van der Waals surface area (Å²) in [4.78, 5) is 29.4. The fraction of sp³-hybridized carbons (Fsp3) is 0.615. The molecule has 1 saturated carbocycles. The van der Waals surface area contributed by atoms with Gasteiger partial charge < -0.3 is 9.32 Å². The minimum atomic E-state index is -3.24. The zero-order valence-corrected chi connectivity index (χ0v) is 13.5. The van der Waals surface area contributed by atoms with E-state index in [2.05, 4.69) is 10.3 Å². The van der Waals surface area contributed by atoms with E-state index in [1.807, 2.05) is 0 Å². The summed E-state index contributed by atoms with van der Waals surface area (Å²) in [6, 6.07) is 0.0139. The smallest absolute Gasteiger partial charge is 0.302 e. The number of hydrogen-bond donors (Lipinski definition) is 1. The summed E-state index contributed by atoms with van der Waals surface area (Å²) in [6.45, 7) is 1.10. The molecular formula is C13H18N4O5S. The molecule has 23 heavy (non-hydrogen) atoms. The molecule has 2 heterocycles. The van der Waals surface area contributed by atoms with E-state index in [9.17, 15) is 18.0 Å². The molecule has 3 rings (SSSR count). The average Bonchev–Trinajstić information content (AvgIpc) is 3.26. The molecule has 0 spiro atoms. The Labute approximate surface area is 133 Å². The number of aromatic nitrogens is 1. The van der Waals surface area contributed by atoms with Gasteiger partial charge in [-0.25, -0.2) is 8.42 Å².